The summed E-state index contributed by atoms with van der Waals surface area (Å²) in [5.41, 5.74) is 0.0703. The zero-order valence-corrected chi connectivity index (χ0v) is 14.1. The van der Waals surface area contributed by atoms with E-state index >= 15 is 0 Å². The highest BCUT2D eigenvalue weighted by Gasteiger charge is 2.28. The molecule has 0 atom stereocenters. The number of carboxylic acids is 1. The van der Waals surface area contributed by atoms with Crippen LogP contribution >= 0.6 is 23.2 Å². The van der Waals surface area contributed by atoms with E-state index in [2.05, 4.69) is 0 Å². The number of aliphatic carboxylic acids is 1. The highest BCUT2D eigenvalue weighted by atomic mass is 35.5. The van der Waals surface area contributed by atoms with E-state index in [-0.39, 0.29) is 33.6 Å². The zero-order chi connectivity index (χ0) is 17.0. The fourth-order valence-electron chi connectivity index (χ4n) is 2.00. The number of benzene rings is 2. The van der Waals surface area contributed by atoms with Crippen LogP contribution in [0.15, 0.2) is 53.4 Å². The molecule has 0 aliphatic rings. The molecule has 0 spiro atoms. The fourth-order valence-corrected chi connectivity index (χ4v) is 4.22. The average molecular weight is 374 g/mol. The van der Waals surface area contributed by atoms with Gasteiger partial charge in [-0.15, -0.1) is 0 Å². The Morgan fingerprint density at radius 1 is 1.00 bits per heavy atom. The Labute approximate surface area is 144 Å². The lowest BCUT2D eigenvalue weighted by Crippen LogP contribution is -2.33. The quantitative estimate of drug-likeness (QED) is 0.837. The Morgan fingerprint density at radius 2 is 1.57 bits per heavy atom. The Kier molecular flexibility index (Phi) is 5.51. The number of sulfonamides is 1. The molecule has 0 aliphatic carbocycles. The molecule has 0 radical (unpaired) electrons. The first-order valence-electron chi connectivity index (χ1n) is 6.57. The van der Waals surface area contributed by atoms with Gasteiger partial charge in [-0.3, -0.25) is 9.10 Å². The molecule has 0 aliphatic heterocycles. The highest BCUT2D eigenvalue weighted by Crippen LogP contribution is 2.36. The zero-order valence-electron chi connectivity index (χ0n) is 11.8. The van der Waals surface area contributed by atoms with Crippen molar-refractivity contribution in [3.63, 3.8) is 0 Å². The Balaban J connectivity index is 2.57. The van der Waals surface area contributed by atoms with E-state index in [0.717, 1.165) is 4.31 Å². The van der Waals surface area contributed by atoms with Crippen molar-refractivity contribution in [1.82, 2.24) is 0 Å². The first-order valence-corrected chi connectivity index (χ1v) is 8.77. The lowest BCUT2D eigenvalue weighted by Gasteiger charge is -2.25. The summed E-state index contributed by atoms with van der Waals surface area (Å²) in [5, 5.41) is 9.15. The summed E-state index contributed by atoms with van der Waals surface area (Å²) < 4.78 is 26.7. The molecule has 0 saturated heterocycles. The molecule has 0 amide bonds. The number of carboxylic acid groups (broad SMARTS) is 1. The number of anilines is 1. The van der Waals surface area contributed by atoms with Crippen LogP contribution in [0.25, 0.3) is 0 Å². The number of carbonyl (C=O) groups is 1. The summed E-state index contributed by atoms with van der Waals surface area (Å²) in [7, 11) is -3.99. The maximum Gasteiger partial charge on any atom is 0.305 e. The van der Waals surface area contributed by atoms with Gasteiger partial charge in [0.15, 0.2) is 0 Å². The van der Waals surface area contributed by atoms with Crippen molar-refractivity contribution in [1.29, 1.82) is 0 Å². The molecule has 2 aromatic rings. The number of nitrogens with zero attached hydrogens (tertiary/aromatic N) is 1. The molecule has 0 saturated carbocycles. The topological polar surface area (TPSA) is 74.7 Å². The van der Waals surface area contributed by atoms with Crippen LogP contribution in [0, 0.1) is 0 Å². The van der Waals surface area contributed by atoms with Gasteiger partial charge in [0.2, 0.25) is 0 Å². The minimum atomic E-state index is -3.99. The van der Waals surface area contributed by atoms with Gasteiger partial charge in [-0.25, -0.2) is 8.42 Å². The van der Waals surface area contributed by atoms with Crippen molar-refractivity contribution in [2.75, 3.05) is 10.8 Å². The van der Waals surface area contributed by atoms with Crippen LogP contribution in [0.1, 0.15) is 6.42 Å². The van der Waals surface area contributed by atoms with Gasteiger partial charge in [-0.2, -0.15) is 0 Å². The van der Waals surface area contributed by atoms with Crippen LogP contribution in [0.3, 0.4) is 0 Å². The smallest absolute Gasteiger partial charge is 0.305 e. The summed E-state index contributed by atoms with van der Waals surface area (Å²) in [6.07, 6.45) is -0.381. The predicted molar refractivity (Wildman–Crippen MR) is 89.7 cm³/mol. The monoisotopic (exact) mass is 373 g/mol. The molecule has 1 N–H and O–H groups in total. The Morgan fingerprint density at radius 3 is 2.09 bits per heavy atom. The Hall–Kier alpha value is -1.76. The molecule has 5 nitrogen and oxygen atoms in total. The normalized spacial score (nSPS) is 11.2. The second-order valence-electron chi connectivity index (χ2n) is 4.60. The molecule has 8 heteroatoms. The van der Waals surface area contributed by atoms with E-state index in [1.54, 1.807) is 24.3 Å². The minimum Gasteiger partial charge on any atom is -0.481 e. The van der Waals surface area contributed by atoms with E-state index in [0.29, 0.717) is 0 Å². The molecule has 0 bridgehead atoms. The number of para-hydroxylation sites is 1. The summed E-state index contributed by atoms with van der Waals surface area (Å²) in [5.74, 6) is -1.12. The summed E-state index contributed by atoms with van der Waals surface area (Å²) in [4.78, 5) is 10.9. The van der Waals surface area contributed by atoms with Gasteiger partial charge in [-0.05, 0) is 24.3 Å². The van der Waals surface area contributed by atoms with Crippen molar-refractivity contribution in [3.8, 4) is 0 Å². The molecule has 0 unspecified atom stereocenters. The Bertz CT molecular complexity index is 789. The van der Waals surface area contributed by atoms with Crippen LogP contribution < -0.4 is 4.31 Å². The first kappa shape index (κ1) is 17.6. The second-order valence-corrected chi connectivity index (χ2v) is 7.28. The van der Waals surface area contributed by atoms with E-state index in [4.69, 9.17) is 28.3 Å². The lowest BCUT2D eigenvalue weighted by atomic mass is 10.3. The van der Waals surface area contributed by atoms with Crippen LogP contribution in [0.4, 0.5) is 5.69 Å². The number of rotatable bonds is 6. The van der Waals surface area contributed by atoms with E-state index in [9.17, 15) is 13.2 Å². The molecular weight excluding hydrogens is 361 g/mol. The van der Waals surface area contributed by atoms with Gasteiger partial charge in [0, 0.05) is 6.54 Å². The minimum absolute atomic E-state index is 0.0291. The molecule has 23 heavy (non-hydrogen) atoms. The van der Waals surface area contributed by atoms with Gasteiger partial charge < -0.3 is 5.11 Å². The molecule has 0 heterocycles. The molecule has 2 aromatic carbocycles. The van der Waals surface area contributed by atoms with E-state index in [1.165, 1.54) is 24.3 Å². The lowest BCUT2D eigenvalue weighted by molar-refractivity contribution is -0.136. The third kappa shape index (κ3) is 3.96. The van der Waals surface area contributed by atoms with Crippen molar-refractivity contribution in [2.45, 2.75) is 11.3 Å². The highest BCUT2D eigenvalue weighted by molar-refractivity contribution is 7.92. The second kappa shape index (κ2) is 7.21. The summed E-state index contributed by atoms with van der Waals surface area (Å²) in [6, 6.07) is 12.3. The molecule has 2 rings (SSSR count). The van der Waals surface area contributed by atoms with Crippen molar-refractivity contribution >= 4 is 44.9 Å². The maximum absolute atomic E-state index is 12.9. The van der Waals surface area contributed by atoms with Crippen LogP contribution in [-0.4, -0.2) is 26.0 Å². The van der Waals surface area contributed by atoms with Crippen molar-refractivity contribution < 1.29 is 18.3 Å². The molecule has 0 fully saturated rings. The molecule has 122 valence electrons. The van der Waals surface area contributed by atoms with Crippen LogP contribution in [-0.2, 0) is 14.8 Å². The van der Waals surface area contributed by atoms with Gasteiger partial charge in [0.25, 0.3) is 10.0 Å². The molecular formula is C15H13Cl2NO4S. The van der Waals surface area contributed by atoms with Crippen molar-refractivity contribution in [3.05, 3.63) is 58.6 Å². The summed E-state index contributed by atoms with van der Waals surface area (Å²) in [6.45, 7) is -0.282. The predicted octanol–water partition coefficient (Wildman–Crippen LogP) is 3.66. The summed E-state index contributed by atoms with van der Waals surface area (Å²) >= 11 is 12.2. The fraction of sp³-hybridized carbons (Fsp3) is 0.133. The molecule has 0 aromatic heterocycles. The maximum atomic E-state index is 12.9. The van der Waals surface area contributed by atoms with Crippen molar-refractivity contribution in [2.24, 2.45) is 0 Å². The average Bonchev–Trinajstić information content (AvgIpc) is 2.50. The number of halogens is 2. The van der Waals surface area contributed by atoms with Gasteiger partial charge >= 0.3 is 5.97 Å². The standard InChI is InChI=1S/C15H13Cl2NO4S/c16-12-7-4-8-13(17)15(12)18(10-9-14(19)20)23(21,22)11-5-2-1-3-6-11/h1-8H,9-10H2,(H,19,20). The third-order valence-corrected chi connectivity index (χ3v) is 5.47. The largest absolute Gasteiger partial charge is 0.481 e. The van der Waals surface area contributed by atoms with Gasteiger partial charge in [-0.1, -0.05) is 47.5 Å². The SMILES string of the molecule is O=C(O)CCN(c1c(Cl)cccc1Cl)S(=O)(=O)c1ccccc1. The van der Waals surface area contributed by atoms with Crippen LogP contribution in [0.5, 0.6) is 0 Å². The van der Waals surface area contributed by atoms with Gasteiger partial charge in [0.1, 0.15) is 0 Å². The van der Waals surface area contributed by atoms with Gasteiger partial charge in [0.05, 0.1) is 27.0 Å². The number of hydrogen-bond donors (Lipinski definition) is 1. The number of hydrogen-bond acceptors (Lipinski definition) is 3. The van der Waals surface area contributed by atoms with E-state index in [1.807, 2.05) is 0 Å². The first-order chi connectivity index (χ1) is 10.8. The third-order valence-electron chi connectivity index (χ3n) is 3.05. The van der Waals surface area contributed by atoms with E-state index < -0.39 is 16.0 Å². The van der Waals surface area contributed by atoms with Crippen LogP contribution in [0.2, 0.25) is 10.0 Å².